The number of oxazole rings is 1. The Morgan fingerprint density at radius 3 is 3.15 bits per heavy atom. The summed E-state index contributed by atoms with van der Waals surface area (Å²) in [5.74, 6) is 0.633. The molecule has 0 bridgehead atoms. The molecule has 1 saturated heterocycles. The van der Waals surface area contributed by atoms with Gasteiger partial charge in [-0.05, 0) is 19.3 Å². The van der Waals surface area contributed by atoms with Gasteiger partial charge >= 0.3 is 0 Å². The number of rotatable bonds is 3. The van der Waals surface area contributed by atoms with Crippen LogP contribution in [0.25, 0.3) is 0 Å². The summed E-state index contributed by atoms with van der Waals surface area (Å²) < 4.78 is 5.28. The van der Waals surface area contributed by atoms with Crippen LogP contribution in [0.15, 0.2) is 22.4 Å². The fourth-order valence-electron chi connectivity index (χ4n) is 2.66. The minimum atomic E-state index is -0.0319. The fraction of sp³-hybridized carbons (Fsp3) is 0.500. The number of likely N-dealkylation sites (tertiary alicyclic amines) is 1. The number of aryl methyl sites for hydroxylation is 1. The summed E-state index contributed by atoms with van der Waals surface area (Å²) >= 11 is 1.61. The lowest BCUT2D eigenvalue weighted by Crippen LogP contribution is -2.39. The summed E-state index contributed by atoms with van der Waals surface area (Å²) in [5.41, 5.74) is 0.455. The van der Waals surface area contributed by atoms with Crippen LogP contribution in [0.1, 0.15) is 53.5 Å². The molecule has 3 heterocycles. The molecule has 1 fully saturated rings. The first-order valence-electron chi connectivity index (χ1n) is 6.94. The minimum Gasteiger partial charge on any atom is -0.448 e. The van der Waals surface area contributed by atoms with Gasteiger partial charge < -0.3 is 9.32 Å². The van der Waals surface area contributed by atoms with Crippen LogP contribution in [0, 0.1) is 0 Å². The molecule has 1 aliphatic heterocycles. The lowest BCUT2D eigenvalue weighted by Gasteiger charge is -2.34. The molecule has 0 spiro atoms. The number of hydrogen-bond donors (Lipinski definition) is 0. The number of amides is 1. The summed E-state index contributed by atoms with van der Waals surface area (Å²) in [6, 6.07) is 0.0812. The van der Waals surface area contributed by atoms with Crippen molar-refractivity contribution in [1.82, 2.24) is 14.9 Å². The molecule has 0 radical (unpaired) electrons. The quantitative estimate of drug-likeness (QED) is 0.872. The molecule has 20 heavy (non-hydrogen) atoms. The Kier molecular flexibility index (Phi) is 3.82. The highest BCUT2D eigenvalue weighted by molar-refractivity contribution is 7.09. The fourth-order valence-corrected chi connectivity index (χ4v) is 3.45. The van der Waals surface area contributed by atoms with Gasteiger partial charge in [0, 0.05) is 24.5 Å². The van der Waals surface area contributed by atoms with E-state index in [0.717, 1.165) is 30.8 Å². The number of carbonyl (C=O) groups excluding carboxylic acids is 1. The van der Waals surface area contributed by atoms with Gasteiger partial charge in [0.25, 0.3) is 5.91 Å². The topological polar surface area (TPSA) is 59.2 Å². The number of nitrogens with zero attached hydrogens (tertiary/aromatic N) is 3. The van der Waals surface area contributed by atoms with Crippen molar-refractivity contribution in [2.24, 2.45) is 0 Å². The second-order valence-corrected chi connectivity index (χ2v) is 5.78. The zero-order valence-electron chi connectivity index (χ0n) is 11.4. The summed E-state index contributed by atoms with van der Waals surface area (Å²) in [7, 11) is 0. The Morgan fingerprint density at radius 1 is 1.50 bits per heavy atom. The first-order valence-corrected chi connectivity index (χ1v) is 7.82. The number of aromatic nitrogens is 2. The zero-order chi connectivity index (χ0) is 13.9. The molecule has 0 N–H and O–H groups in total. The van der Waals surface area contributed by atoms with Gasteiger partial charge in [0.15, 0.2) is 12.1 Å². The molecular formula is C14H17N3O2S. The maximum atomic E-state index is 12.7. The first kappa shape index (κ1) is 13.3. The van der Waals surface area contributed by atoms with E-state index in [-0.39, 0.29) is 11.9 Å². The number of carbonyl (C=O) groups is 1. The third-order valence-electron chi connectivity index (χ3n) is 3.66. The van der Waals surface area contributed by atoms with Gasteiger partial charge in [-0.2, -0.15) is 0 Å². The number of piperidine rings is 1. The van der Waals surface area contributed by atoms with Gasteiger partial charge in [-0.15, -0.1) is 11.3 Å². The second-order valence-electron chi connectivity index (χ2n) is 4.86. The van der Waals surface area contributed by atoms with Crippen LogP contribution < -0.4 is 0 Å². The zero-order valence-corrected chi connectivity index (χ0v) is 12.2. The third-order valence-corrected chi connectivity index (χ3v) is 4.54. The van der Waals surface area contributed by atoms with Crippen LogP contribution in [0.2, 0.25) is 0 Å². The van der Waals surface area contributed by atoms with Gasteiger partial charge in [0.2, 0.25) is 0 Å². The van der Waals surface area contributed by atoms with Gasteiger partial charge in [0.1, 0.15) is 10.8 Å². The van der Waals surface area contributed by atoms with Crippen LogP contribution in [0.4, 0.5) is 0 Å². The van der Waals surface area contributed by atoms with Crippen LogP contribution in [0.3, 0.4) is 0 Å². The highest BCUT2D eigenvalue weighted by Crippen LogP contribution is 2.33. The van der Waals surface area contributed by atoms with Crippen molar-refractivity contribution in [2.75, 3.05) is 6.54 Å². The van der Waals surface area contributed by atoms with Crippen molar-refractivity contribution in [2.45, 2.75) is 38.6 Å². The third kappa shape index (κ3) is 2.35. The lowest BCUT2D eigenvalue weighted by atomic mass is 10.0. The number of thiazole rings is 1. The van der Waals surface area contributed by atoms with Crippen molar-refractivity contribution in [1.29, 1.82) is 0 Å². The van der Waals surface area contributed by atoms with E-state index in [1.165, 1.54) is 6.39 Å². The van der Waals surface area contributed by atoms with Gasteiger partial charge in [-0.3, -0.25) is 4.79 Å². The average molecular weight is 291 g/mol. The molecule has 1 aliphatic rings. The van der Waals surface area contributed by atoms with Gasteiger partial charge in [-0.25, -0.2) is 9.97 Å². The first-order chi connectivity index (χ1) is 9.81. The summed E-state index contributed by atoms with van der Waals surface area (Å²) in [6.07, 6.45) is 6.97. The van der Waals surface area contributed by atoms with Crippen LogP contribution in [0.5, 0.6) is 0 Å². The summed E-state index contributed by atoms with van der Waals surface area (Å²) in [5, 5.41) is 2.97. The highest BCUT2D eigenvalue weighted by Gasteiger charge is 2.32. The summed E-state index contributed by atoms with van der Waals surface area (Å²) in [4.78, 5) is 23.1. The Morgan fingerprint density at radius 2 is 2.40 bits per heavy atom. The standard InChI is InChI=1S/C14H17N3O2S/c1-2-11-12(16-9-19-11)14(18)17-7-4-3-5-10(17)13-15-6-8-20-13/h6,8-10H,2-5,7H2,1H3. The highest BCUT2D eigenvalue weighted by atomic mass is 32.1. The van der Waals surface area contributed by atoms with E-state index in [2.05, 4.69) is 9.97 Å². The van der Waals surface area contributed by atoms with E-state index in [4.69, 9.17) is 4.42 Å². The SMILES string of the molecule is CCc1ocnc1C(=O)N1CCCCC1c1nccs1. The van der Waals surface area contributed by atoms with Crippen LogP contribution in [-0.2, 0) is 6.42 Å². The van der Waals surface area contributed by atoms with E-state index in [1.807, 2.05) is 17.2 Å². The lowest BCUT2D eigenvalue weighted by molar-refractivity contribution is 0.0603. The minimum absolute atomic E-state index is 0.0319. The Hall–Kier alpha value is -1.69. The van der Waals surface area contributed by atoms with Crippen LogP contribution in [-0.4, -0.2) is 27.3 Å². The van der Waals surface area contributed by atoms with Crippen molar-refractivity contribution in [3.05, 3.63) is 34.4 Å². The molecule has 5 nitrogen and oxygen atoms in total. The van der Waals surface area contributed by atoms with E-state index < -0.39 is 0 Å². The monoisotopic (exact) mass is 291 g/mol. The maximum Gasteiger partial charge on any atom is 0.276 e. The normalized spacial score (nSPS) is 19.2. The predicted octanol–water partition coefficient (Wildman–Crippen LogP) is 3.06. The molecule has 0 aromatic carbocycles. The second kappa shape index (κ2) is 5.75. The van der Waals surface area contributed by atoms with Crippen molar-refractivity contribution >= 4 is 17.2 Å². The molecule has 6 heteroatoms. The Bertz CT molecular complexity index is 579. The van der Waals surface area contributed by atoms with Crippen molar-refractivity contribution in [3.63, 3.8) is 0 Å². The molecule has 106 valence electrons. The van der Waals surface area contributed by atoms with E-state index in [0.29, 0.717) is 17.9 Å². The largest absolute Gasteiger partial charge is 0.448 e. The summed E-state index contributed by atoms with van der Waals surface area (Å²) in [6.45, 7) is 2.73. The van der Waals surface area contributed by atoms with Gasteiger partial charge in [-0.1, -0.05) is 6.92 Å². The molecule has 0 saturated carbocycles. The molecule has 2 aromatic rings. The van der Waals surface area contributed by atoms with E-state index in [1.54, 1.807) is 17.5 Å². The molecule has 3 rings (SSSR count). The van der Waals surface area contributed by atoms with Crippen molar-refractivity contribution in [3.8, 4) is 0 Å². The molecule has 2 aromatic heterocycles. The van der Waals surface area contributed by atoms with E-state index in [9.17, 15) is 4.79 Å². The van der Waals surface area contributed by atoms with Crippen molar-refractivity contribution < 1.29 is 9.21 Å². The average Bonchev–Trinajstić information content (AvgIpc) is 3.17. The molecule has 1 amide bonds. The number of hydrogen-bond acceptors (Lipinski definition) is 5. The Labute approximate surface area is 121 Å². The maximum absolute atomic E-state index is 12.7. The molecule has 0 aliphatic carbocycles. The smallest absolute Gasteiger partial charge is 0.276 e. The molecular weight excluding hydrogens is 274 g/mol. The molecule has 1 unspecified atom stereocenters. The van der Waals surface area contributed by atoms with Crippen LogP contribution >= 0.6 is 11.3 Å². The predicted molar refractivity (Wildman–Crippen MR) is 75.6 cm³/mol. The molecule has 1 atom stereocenters. The Balaban J connectivity index is 1.88. The van der Waals surface area contributed by atoms with E-state index >= 15 is 0 Å². The van der Waals surface area contributed by atoms with Gasteiger partial charge in [0.05, 0.1) is 6.04 Å².